The van der Waals surface area contributed by atoms with Crippen molar-refractivity contribution in [1.29, 1.82) is 0 Å². The van der Waals surface area contributed by atoms with Crippen LogP contribution in [0.25, 0.3) is 11.3 Å². The number of rotatable bonds is 8. The molecule has 0 atom stereocenters. The summed E-state index contributed by atoms with van der Waals surface area (Å²) in [5.41, 5.74) is 1.85. The van der Waals surface area contributed by atoms with Crippen LogP contribution in [0.3, 0.4) is 0 Å². The van der Waals surface area contributed by atoms with Crippen LogP contribution in [-0.2, 0) is 16.0 Å². The fourth-order valence-electron chi connectivity index (χ4n) is 1.75. The van der Waals surface area contributed by atoms with Gasteiger partial charge in [-0.3, -0.25) is 4.79 Å². The second kappa shape index (κ2) is 7.95. The molecule has 21 heavy (non-hydrogen) atoms. The average molecular weight is 311 g/mol. The maximum absolute atomic E-state index is 11.9. The molecule has 2 aromatic rings. The van der Waals surface area contributed by atoms with Crippen LogP contribution in [0, 0.1) is 0 Å². The summed E-state index contributed by atoms with van der Waals surface area (Å²) in [4.78, 5) is 16.1. The monoisotopic (exact) mass is 311 g/mol. The Bertz CT molecular complexity index is 572. The van der Waals surface area contributed by atoms with Crippen molar-refractivity contribution in [3.63, 3.8) is 0 Å². The van der Waals surface area contributed by atoms with Crippen LogP contribution in [0.2, 0.25) is 0 Å². The maximum Gasteiger partial charge on any atom is 0.261 e. The molecule has 2 rings (SSSR count). The maximum atomic E-state index is 11.9. The second-order valence-corrected chi connectivity index (χ2v) is 5.37. The molecule has 0 radical (unpaired) electrons. The highest BCUT2D eigenvalue weighted by molar-refractivity contribution is 7.10. The zero-order valence-electron chi connectivity index (χ0n) is 11.3. The number of nitrogens with zero attached hydrogens (tertiary/aromatic N) is 1. The number of alkyl halides is 2. The van der Waals surface area contributed by atoms with E-state index in [-0.39, 0.29) is 25.2 Å². The molecule has 1 heterocycles. The van der Waals surface area contributed by atoms with Gasteiger partial charge in [0.05, 0.1) is 18.7 Å². The Hall–Kier alpha value is -1.66. The van der Waals surface area contributed by atoms with Crippen LogP contribution < -0.4 is 0 Å². The molecule has 6 heteroatoms. The van der Waals surface area contributed by atoms with Crippen molar-refractivity contribution in [3.05, 3.63) is 40.7 Å². The SMILES string of the molecule is O=C(CCOCC(F)F)Cc1nc(-c2ccccc2)cs1. The van der Waals surface area contributed by atoms with Crippen molar-refractivity contribution in [2.45, 2.75) is 19.3 Å². The summed E-state index contributed by atoms with van der Waals surface area (Å²) in [6.45, 7) is -0.594. The van der Waals surface area contributed by atoms with E-state index < -0.39 is 13.0 Å². The Labute approximate surface area is 125 Å². The molecule has 112 valence electrons. The first-order valence-electron chi connectivity index (χ1n) is 6.52. The van der Waals surface area contributed by atoms with Gasteiger partial charge in [0, 0.05) is 17.4 Å². The van der Waals surface area contributed by atoms with Gasteiger partial charge in [0.25, 0.3) is 6.43 Å². The van der Waals surface area contributed by atoms with E-state index in [4.69, 9.17) is 4.74 Å². The first-order valence-corrected chi connectivity index (χ1v) is 7.40. The topological polar surface area (TPSA) is 39.2 Å². The van der Waals surface area contributed by atoms with Crippen LogP contribution in [0.15, 0.2) is 35.7 Å². The van der Waals surface area contributed by atoms with E-state index in [1.165, 1.54) is 11.3 Å². The molecule has 0 amide bonds. The molecule has 0 bridgehead atoms. The predicted octanol–water partition coefficient (Wildman–Crippen LogP) is 3.59. The number of ketones is 1. The number of carbonyl (C=O) groups is 1. The van der Waals surface area contributed by atoms with Crippen molar-refractivity contribution in [1.82, 2.24) is 4.98 Å². The molecule has 0 unspecified atom stereocenters. The van der Waals surface area contributed by atoms with E-state index >= 15 is 0 Å². The number of aromatic nitrogens is 1. The lowest BCUT2D eigenvalue weighted by atomic mass is 10.2. The summed E-state index contributed by atoms with van der Waals surface area (Å²) < 4.78 is 28.4. The first-order chi connectivity index (χ1) is 10.1. The van der Waals surface area contributed by atoms with Crippen molar-refractivity contribution in [2.75, 3.05) is 13.2 Å². The van der Waals surface area contributed by atoms with Crippen molar-refractivity contribution < 1.29 is 18.3 Å². The van der Waals surface area contributed by atoms with Crippen LogP contribution >= 0.6 is 11.3 Å². The molecule has 3 nitrogen and oxygen atoms in total. The Morgan fingerprint density at radius 3 is 2.76 bits per heavy atom. The highest BCUT2D eigenvalue weighted by Crippen LogP contribution is 2.22. The third kappa shape index (κ3) is 5.32. The van der Waals surface area contributed by atoms with Crippen LogP contribution in [0.4, 0.5) is 8.78 Å². The molecule has 0 aliphatic carbocycles. The number of hydrogen-bond donors (Lipinski definition) is 0. The van der Waals surface area contributed by atoms with Crippen molar-refractivity contribution in [2.24, 2.45) is 0 Å². The Kier molecular flexibility index (Phi) is 5.95. The first kappa shape index (κ1) is 15.7. The van der Waals surface area contributed by atoms with Gasteiger partial charge in [0.2, 0.25) is 0 Å². The lowest BCUT2D eigenvalue weighted by Crippen LogP contribution is -2.10. The zero-order valence-corrected chi connectivity index (χ0v) is 12.1. The van der Waals surface area contributed by atoms with E-state index in [1.54, 1.807) is 0 Å². The largest absolute Gasteiger partial charge is 0.375 e. The fourth-order valence-corrected chi connectivity index (χ4v) is 2.58. The minimum Gasteiger partial charge on any atom is -0.375 e. The third-order valence-electron chi connectivity index (χ3n) is 2.74. The Morgan fingerprint density at radius 1 is 1.29 bits per heavy atom. The third-order valence-corrected chi connectivity index (χ3v) is 3.59. The van der Waals surface area contributed by atoms with E-state index in [0.717, 1.165) is 16.3 Å². The van der Waals surface area contributed by atoms with Crippen LogP contribution in [0.1, 0.15) is 11.4 Å². The quantitative estimate of drug-likeness (QED) is 0.699. The number of carbonyl (C=O) groups excluding carboxylic acids is 1. The second-order valence-electron chi connectivity index (χ2n) is 4.42. The van der Waals surface area contributed by atoms with Gasteiger partial charge in [-0.25, -0.2) is 13.8 Å². The number of thiazole rings is 1. The molecule has 0 saturated heterocycles. The summed E-state index contributed by atoms with van der Waals surface area (Å²) in [7, 11) is 0. The molecule has 0 saturated carbocycles. The molecular weight excluding hydrogens is 296 g/mol. The Morgan fingerprint density at radius 2 is 2.05 bits per heavy atom. The number of benzene rings is 1. The lowest BCUT2D eigenvalue weighted by Gasteiger charge is -2.02. The van der Waals surface area contributed by atoms with Gasteiger partial charge in [-0.1, -0.05) is 30.3 Å². The Balaban J connectivity index is 1.81. The molecule has 0 aliphatic rings. The van der Waals surface area contributed by atoms with Crippen LogP contribution in [0.5, 0.6) is 0 Å². The number of halogens is 2. The highest BCUT2D eigenvalue weighted by atomic mass is 32.1. The summed E-state index contributed by atoms with van der Waals surface area (Å²) in [6.07, 6.45) is -2.14. The molecule has 0 spiro atoms. The molecule has 0 aliphatic heterocycles. The van der Waals surface area contributed by atoms with Gasteiger partial charge in [-0.2, -0.15) is 0 Å². The fraction of sp³-hybridized carbons (Fsp3) is 0.333. The summed E-state index contributed by atoms with van der Waals surface area (Å²) >= 11 is 1.42. The van der Waals surface area contributed by atoms with E-state index in [1.807, 2.05) is 35.7 Å². The van der Waals surface area contributed by atoms with Gasteiger partial charge in [-0.05, 0) is 0 Å². The normalized spacial score (nSPS) is 11.0. The van der Waals surface area contributed by atoms with Gasteiger partial charge in [-0.15, -0.1) is 11.3 Å². The van der Waals surface area contributed by atoms with Gasteiger partial charge in [0.15, 0.2) is 0 Å². The summed E-state index contributed by atoms with van der Waals surface area (Å²) in [6, 6.07) is 9.71. The lowest BCUT2D eigenvalue weighted by molar-refractivity contribution is -0.119. The summed E-state index contributed by atoms with van der Waals surface area (Å²) in [5.74, 6) is -0.0572. The molecule has 0 fully saturated rings. The average Bonchev–Trinajstić information content (AvgIpc) is 2.93. The number of ether oxygens (including phenoxy) is 1. The summed E-state index contributed by atoms with van der Waals surface area (Å²) in [5, 5.41) is 2.64. The molecular formula is C15H15F2NO2S. The van der Waals surface area contributed by atoms with E-state index in [9.17, 15) is 13.6 Å². The van der Waals surface area contributed by atoms with Gasteiger partial charge >= 0.3 is 0 Å². The van der Waals surface area contributed by atoms with E-state index in [2.05, 4.69) is 4.98 Å². The zero-order chi connectivity index (χ0) is 15.1. The standard InChI is InChI=1S/C15H15F2NO2S/c16-14(17)9-20-7-6-12(19)8-15-18-13(10-21-15)11-4-2-1-3-5-11/h1-5,10,14H,6-9H2. The van der Waals surface area contributed by atoms with Gasteiger partial charge in [0.1, 0.15) is 17.4 Å². The van der Waals surface area contributed by atoms with Crippen molar-refractivity contribution in [3.8, 4) is 11.3 Å². The van der Waals surface area contributed by atoms with Crippen LogP contribution in [-0.4, -0.2) is 30.4 Å². The minimum atomic E-state index is -2.49. The molecule has 0 N–H and O–H groups in total. The van der Waals surface area contributed by atoms with Crippen molar-refractivity contribution >= 4 is 17.1 Å². The number of hydrogen-bond acceptors (Lipinski definition) is 4. The predicted molar refractivity (Wildman–Crippen MR) is 77.7 cm³/mol. The van der Waals surface area contributed by atoms with Gasteiger partial charge < -0.3 is 4.74 Å². The minimum absolute atomic E-state index is 0.0279. The smallest absolute Gasteiger partial charge is 0.261 e. The molecule has 1 aromatic carbocycles. The highest BCUT2D eigenvalue weighted by Gasteiger charge is 2.10. The van der Waals surface area contributed by atoms with E-state index in [0.29, 0.717) is 0 Å². The number of Topliss-reactive ketones (excluding diaryl/α,β-unsaturated/α-hetero) is 1. The molecule has 1 aromatic heterocycles.